The average Bonchev–Trinajstić information content (AvgIpc) is 0.722. The zero-order valence-corrected chi connectivity index (χ0v) is 4.68. The molecule has 1 nitrogen and oxygen atoms in total. The molecule has 0 saturated carbocycles. The Balaban J connectivity index is 3.02. The first kappa shape index (κ1) is 5.39. The van der Waals surface area contributed by atoms with Gasteiger partial charge in [0, 0.05) is 0 Å². The molecule has 5 heavy (non-hydrogen) atoms. The van der Waals surface area contributed by atoms with Gasteiger partial charge in [-0.2, -0.15) is 0 Å². The van der Waals surface area contributed by atoms with Gasteiger partial charge in [0.05, 0.1) is 5.34 Å². The molecule has 0 rings (SSSR count). The molecule has 1 atom stereocenters. The van der Waals surface area contributed by atoms with Gasteiger partial charge < -0.3 is 5.11 Å². The van der Waals surface area contributed by atoms with E-state index in [-0.39, 0.29) is 0 Å². The van der Waals surface area contributed by atoms with E-state index in [2.05, 4.69) is 9.24 Å². The third-order valence-corrected chi connectivity index (χ3v) is 0. The van der Waals surface area contributed by atoms with Crippen LogP contribution in [-0.2, 0) is 0 Å². The Morgan fingerprint density at radius 2 is 1.60 bits per heavy atom. The van der Waals surface area contributed by atoms with E-state index in [4.69, 9.17) is 5.11 Å². The molecule has 0 aliphatic carbocycles. The number of aliphatic hydroxyl groups is 1. The molecule has 0 saturated heterocycles. The summed E-state index contributed by atoms with van der Waals surface area (Å²) >= 11 is 0. The van der Waals surface area contributed by atoms with E-state index in [1.54, 1.807) is 13.8 Å². The van der Waals surface area contributed by atoms with Gasteiger partial charge in [0.15, 0.2) is 0 Å². The van der Waals surface area contributed by atoms with Crippen molar-refractivity contribution in [1.29, 1.82) is 0 Å². The molecule has 2 heteroatoms. The second kappa shape index (κ2) is 1.24. The minimum absolute atomic E-state index is 0.583. The Morgan fingerprint density at radius 3 is 1.60 bits per heavy atom. The molecule has 0 amide bonds. The Hall–Kier alpha value is 0.390. The van der Waals surface area contributed by atoms with Gasteiger partial charge in [-0.15, -0.1) is 9.24 Å². The van der Waals surface area contributed by atoms with Crippen LogP contribution >= 0.6 is 9.24 Å². The maximum Gasteiger partial charge on any atom is 0.0722 e. The quantitative estimate of drug-likeness (QED) is 0.433. The zero-order chi connectivity index (χ0) is 4.50. The van der Waals surface area contributed by atoms with Crippen molar-refractivity contribution in [1.82, 2.24) is 0 Å². The summed E-state index contributed by atoms with van der Waals surface area (Å²) in [4.78, 5) is 0. The summed E-state index contributed by atoms with van der Waals surface area (Å²) in [6, 6.07) is 0. The van der Waals surface area contributed by atoms with Crippen molar-refractivity contribution in [2.24, 2.45) is 0 Å². The van der Waals surface area contributed by atoms with E-state index in [0.29, 0.717) is 0 Å². The minimum Gasteiger partial charge on any atom is -0.387 e. The van der Waals surface area contributed by atoms with Crippen molar-refractivity contribution in [2.75, 3.05) is 0 Å². The molecule has 0 aromatic carbocycles. The van der Waals surface area contributed by atoms with Crippen molar-refractivity contribution in [3.05, 3.63) is 0 Å². The molecule has 0 heterocycles. The Morgan fingerprint density at radius 1 is 1.60 bits per heavy atom. The van der Waals surface area contributed by atoms with Gasteiger partial charge >= 0.3 is 0 Å². The predicted octanol–water partition coefficient (Wildman–Crippen LogP) is 0.590. The fourth-order valence-electron chi connectivity index (χ4n) is 0. The molecule has 0 aromatic heterocycles. The van der Waals surface area contributed by atoms with Gasteiger partial charge in [0.1, 0.15) is 0 Å². The molecule has 0 bridgehead atoms. The molecule has 1 N–H and O–H groups in total. The monoisotopic (exact) mass is 92.0 g/mol. The topological polar surface area (TPSA) is 20.2 Å². The lowest BCUT2D eigenvalue weighted by molar-refractivity contribution is 0.178. The van der Waals surface area contributed by atoms with Crippen LogP contribution in [0.5, 0.6) is 0 Å². The Bertz CT molecular complexity index is 22.4. The van der Waals surface area contributed by atoms with Crippen LogP contribution in [0.2, 0.25) is 0 Å². The normalized spacial score (nSPS) is 12.0. The van der Waals surface area contributed by atoms with Gasteiger partial charge in [-0.05, 0) is 13.8 Å². The van der Waals surface area contributed by atoms with Gasteiger partial charge in [0.25, 0.3) is 0 Å². The second-order valence-electron chi connectivity index (χ2n) is 1.65. The molecule has 1 unspecified atom stereocenters. The highest BCUT2D eigenvalue weighted by Gasteiger charge is 1.98. The second-order valence-corrected chi connectivity index (χ2v) is 3.07. The van der Waals surface area contributed by atoms with Crippen LogP contribution in [-0.4, -0.2) is 10.4 Å². The van der Waals surface area contributed by atoms with E-state index in [9.17, 15) is 0 Å². The summed E-state index contributed by atoms with van der Waals surface area (Å²) in [5, 5.41) is 7.90. The average molecular weight is 92.1 g/mol. The summed E-state index contributed by atoms with van der Waals surface area (Å²) in [5.41, 5.74) is 0. The standard InChI is InChI=1S/C3H9OP/c1-3(2,4)5/h4H,5H2,1-2H3. The van der Waals surface area contributed by atoms with E-state index in [1.165, 1.54) is 0 Å². The van der Waals surface area contributed by atoms with Crippen molar-refractivity contribution in [2.45, 2.75) is 19.2 Å². The SMILES string of the molecule is CC(C)(O)P. The molecule has 0 spiro atoms. The van der Waals surface area contributed by atoms with Gasteiger partial charge in [-0.1, -0.05) is 0 Å². The summed E-state index contributed by atoms with van der Waals surface area (Å²) < 4.78 is 0. The first-order chi connectivity index (χ1) is 2.00. The molecular weight excluding hydrogens is 83.0 g/mol. The maximum atomic E-state index is 8.48. The lowest BCUT2D eigenvalue weighted by atomic mass is 10.5. The lowest BCUT2D eigenvalue weighted by Gasteiger charge is -2.04. The van der Waals surface area contributed by atoms with E-state index in [0.717, 1.165) is 0 Å². The van der Waals surface area contributed by atoms with E-state index < -0.39 is 5.34 Å². The first-order valence-electron chi connectivity index (χ1n) is 1.51. The molecule has 32 valence electrons. The van der Waals surface area contributed by atoms with Crippen LogP contribution in [0.25, 0.3) is 0 Å². The van der Waals surface area contributed by atoms with Gasteiger partial charge in [-0.3, -0.25) is 0 Å². The molecule has 0 fully saturated rings. The van der Waals surface area contributed by atoms with Crippen LogP contribution in [0.1, 0.15) is 13.8 Å². The highest BCUT2D eigenvalue weighted by atomic mass is 31.0. The predicted molar refractivity (Wildman–Crippen MR) is 26.0 cm³/mol. The molecule has 0 radical (unpaired) electrons. The third-order valence-electron chi connectivity index (χ3n) is 0. The van der Waals surface area contributed by atoms with E-state index >= 15 is 0 Å². The Kier molecular flexibility index (Phi) is 1.33. The van der Waals surface area contributed by atoms with Crippen LogP contribution < -0.4 is 0 Å². The maximum absolute atomic E-state index is 8.48. The number of hydrogen-bond acceptors (Lipinski definition) is 1. The summed E-state index contributed by atoms with van der Waals surface area (Å²) in [7, 11) is 2.27. The van der Waals surface area contributed by atoms with Gasteiger partial charge in [0.2, 0.25) is 0 Å². The van der Waals surface area contributed by atoms with Crippen LogP contribution in [0.4, 0.5) is 0 Å². The summed E-state index contributed by atoms with van der Waals surface area (Å²) in [5.74, 6) is 0. The third kappa shape index (κ3) is 165. The minimum atomic E-state index is -0.583. The summed E-state index contributed by atoms with van der Waals surface area (Å²) in [6.07, 6.45) is 0. The van der Waals surface area contributed by atoms with Gasteiger partial charge in [-0.25, -0.2) is 0 Å². The van der Waals surface area contributed by atoms with Crippen LogP contribution in [0, 0.1) is 0 Å². The Labute approximate surface area is 34.6 Å². The summed E-state index contributed by atoms with van der Waals surface area (Å²) in [6.45, 7) is 3.41. The molecule has 0 aromatic rings. The van der Waals surface area contributed by atoms with Crippen molar-refractivity contribution >= 4 is 9.24 Å². The van der Waals surface area contributed by atoms with Crippen molar-refractivity contribution in [3.63, 3.8) is 0 Å². The zero-order valence-electron chi connectivity index (χ0n) is 3.52. The largest absolute Gasteiger partial charge is 0.387 e. The molecular formula is C3H9OP. The van der Waals surface area contributed by atoms with Crippen molar-refractivity contribution in [3.8, 4) is 0 Å². The lowest BCUT2D eigenvalue weighted by Crippen LogP contribution is -2.04. The highest BCUT2D eigenvalue weighted by molar-refractivity contribution is 7.18. The number of rotatable bonds is 0. The smallest absolute Gasteiger partial charge is 0.0722 e. The fourth-order valence-corrected chi connectivity index (χ4v) is 0. The molecule has 0 aliphatic heterocycles. The highest BCUT2D eigenvalue weighted by Crippen LogP contribution is 2.08. The van der Waals surface area contributed by atoms with Crippen LogP contribution in [0.3, 0.4) is 0 Å². The molecule has 0 aliphatic rings. The number of hydrogen-bond donors (Lipinski definition) is 1. The first-order valence-corrected chi connectivity index (χ1v) is 2.09. The van der Waals surface area contributed by atoms with Crippen LogP contribution in [0.15, 0.2) is 0 Å². The fraction of sp³-hybridized carbons (Fsp3) is 1.00. The van der Waals surface area contributed by atoms with Crippen molar-refractivity contribution < 1.29 is 5.11 Å². The van der Waals surface area contributed by atoms with E-state index in [1.807, 2.05) is 0 Å².